The van der Waals surface area contributed by atoms with Crippen molar-refractivity contribution in [1.29, 1.82) is 0 Å². The van der Waals surface area contributed by atoms with Crippen LogP contribution in [0.2, 0.25) is 0 Å². The van der Waals surface area contributed by atoms with Gasteiger partial charge in [-0.2, -0.15) is 5.10 Å². The SMILES string of the molecule is CCCC1CN(Cc2cnn(CC)c2)C(C(C)CC)CN1. The second kappa shape index (κ2) is 7.95. The molecular weight excluding hydrogens is 260 g/mol. The van der Waals surface area contributed by atoms with Crippen LogP contribution in [0.4, 0.5) is 0 Å². The van der Waals surface area contributed by atoms with Gasteiger partial charge in [-0.05, 0) is 19.3 Å². The summed E-state index contributed by atoms with van der Waals surface area (Å²) in [5.74, 6) is 0.737. The first-order valence-electron chi connectivity index (χ1n) is 8.66. The molecule has 3 atom stereocenters. The summed E-state index contributed by atoms with van der Waals surface area (Å²) in [7, 11) is 0. The van der Waals surface area contributed by atoms with Crippen molar-refractivity contribution in [2.24, 2.45) is 5.92 Å². The molecule has 0 bridgehead atoms. The summed E-state index contributed by atoms with van der Waals surface area (Å²) in [6, 6.07) is 1.30. The Morgan fingerprint density at radius 1 is 1.38 bits per heavy atom. The minimum Gasteiger partial charge on any atom is -0.311 e. The Morgan fingerprint density at radius 2 is 2.19 bits per heavy atom. The van der Waals surface area contributed by atoms with Crippen molar-refractivity contribution in [3.63, 3.8) is 0 Å². The number of nitrogens with zero attached hydrogens (tertiary/aromatic N) is 3. The third-order valence-corrected chi connectivity index (χ3v) is 4.87. The average Bonchev–Trinajstić information content (AvgIpc) is 2.95. The number of aromatic nitrogens is 2. The van der Waals surface area contributed by atoms with Crippen molar-refractivity contribution in [3.05, 3.63) is 18.0 Å². The highest BCUT2D eigenvalue weighted by Crippen LogP contribution is 2.21. The van der Waals surface area contributed by atoms with E-state index in [1.165, 1.54) is 31.4 Å². The van der Waals surface area contributed by atoms with E-state index in [1.807, 2.05) is 10.9 Å². The predicted molar refractivity (Wildman–Crippen MR) is 88.3 cm³/mol. The molecule has 4 nitrogen and oxygen atoms in total. The van der Waals surface area contributed by atoms with Crippen molar-refractivity contribution in [3.8, 4) is 0 Å². The van der Waals surface area contributed by atoms with Gasteiger partial charge in [-0.25, -0.2) is 0 Å². The summed E-state index contributed by atoms with van der Waals surface area (Å²) in [5, 5.41) is 8.17. The van der Waals surface area contributed by atoms with Gasteiger partial charge in [-0.15, -0.1) is 0 Å². The summed E-state index contributed by atoms with van der Waals surface area (Å²) in [5.41, 5.74) is 1.35. The fourth-order valence-electron chi connectivity index (χ4n) is 3.35. The van der Waals surface area contributed by atoms with E-state index in [-0.39, 0.29) is 0 Å². The van der Waals surface area contributed by atoms with Gasteiger partial charge in [0, 0.05) is 50.0 Å². The first kappa shape index (κ1) is 16.5. The van der Waals surface area contributed by atoms with E-state index in [0.29, 0.717) is 12.1 Å². The normalized spacial score (nSPS) is 25.1. The van der Waals surface area contributed by atoms with Gasteiger partial charge in [-0.3, -0.25) is 9.58 Å². The lowest BCUT2D eigenvalue weighted by molar-refractivity contribution is 0.0818. The summed E-state index contributed by atoms with van der Waals surface area (Å²) in [6.45, 7) is 13.4. The third-order valence-electron chi connectivity index (χ3n) is 4.87. The fourth-order valence-corrected chi connectivity index (χ4v) is 3.35. The molecule has 21 heavy (non-hydrogen) atoms. The molecule has 1 saturated heterocycles. The Morgan fingerprint density at radius 3 is 2.81 bits per heavy atom. The highest BCUT2D eigenvalue weighted by molar-refractivity contribution is 5.05. The number of piperazine rings is 1. The lowest BCUT2D eigenvalue weighted by Crippen LogP contribution is -2.57. The summed E-state index contributed by atoms with van der Waals surface area (Å²) >= 11 is 0. The summed E-state index contributed by atoms with van der Waals surface area (Å²) in [4.78, 5) is 2.68. The Hall–Kier alpha value is -0.870. The van der Waals surface area contributed by atoms with Gasteiger partial charge >= 0.3 is 0 Å². The van der Waals surface area contributed by atoms with Crippen LogP contribution in [0.3, 0.4) is 0 Å². The standard InChI is InChI=1S/C17H32N4/c1-5-8-16-13-20(17(10-18-16)14(4)6-2)11-15-9-19-21(7-3)12-15/h9,12,14,16-18H,5-8,10-11,13H2,1-4H3. The topological polar surface area (TPSA) is 33.1 Å². The van der Waals surface area contributed by atoms with Gasteiger partial charge in [0.05, 0.1) is 6.20 Å². The quantitative estimate of drug-likeness (QED) is 0.839. The first-order chi connectivity index (χ1) is 10.2. The summed E-state index contributed by atoms with van der Waals surface area (Å²) < 4.78 is 2.03. The smallest absolute Gasteiger partial charge is 0.0534 e. The van der Waals surface area contributed by atoms with Crippen LogP contribution < -0.4 is 5.32 Å². The highest BCUT2D eigenvalue weighted by Gasteiger charge is 2.30. The number of aryl methyl sites for hydroxylation is 1. The fraction of sp³-hybridized carbons (Fsp3) is 0.824. The lowest BCUT2D eigenvalue weighted by atomic mass is 9.93. The maximum atomic E-state index is 4.42. The van der Waals surface area contributed by atoms with Crippen molar-refractivity contribution in [2.75, 3.05) is 13.1 Å². The molecule has 0 amide bonds. The third kappa shape index (κ3) is 4.30. The van der Waals surface area contributed by atoms with Crippen LogP contribution >= 0.6 is 0 Å². The molecule has 0 radical (unpaired) electrons. The summed E-state index contributed by atoms with van der Waals surface area (Å²) in [6.07, 6.45) is 8.01. The zero-order valence-electron chi connectivity index (χ0n) is 14.2. The number of nitrogens with one attached hydrogen (secondary N) is 1. The average molecular weight is 292 g/mol. The van der Waals surface area contributed by atoms with Crippen molar-refractivity contribution >= 4 is 0 Å². The van der Waals surface area contributed by atoms with E-state index in [0.717, 1.165) is 25.6 Å². The second-order valence-corrected chi connectivity index (χ2v) is 6.48. The predicted octanol–water partition coefficient (Wildman–Crippen LogP) is 2.89. The van der Waals surface area contributed by atoms with Gasteiger partial charge < -0.3 is 5.32 Å². The van der Waals surface area contributed by atoms with Gasteiger partial charge in [0.25, 0.3) is 0 Å². The van der Waals surface area contributed by atoms with E-state index in [2.05, 4.69) is 49.2 Å². The van der Waals surface area contributed by atoms with Crippen molar-refractivity contribution < 1.29 is 0 Å². The molecule has 1 fully saturated rings. The molecule has 1 aliphatic rings. The molecule has 3 unspecified atom stereocenters. The molecule has 0 aromatic carbocycles. The van der Waals surface area contributed by atoms with E-state index < -0.39 is 0 Å². The molecule has 4 heteroatoms. The molecule has 0 aliphatic carbocycles. The Labute approximate surface area is 129 Å². The van der Waals surface area contributed by atoms with Crippen molar-refractivity contribution in [2.45, 2.75) is 72.1 Å². The van der Waals surface area contributed by atoms with Gasteiger partial charge in [0.2, 0.25) is 0 Å². The maximum absolute atomic E-state index is 4.42. The van der Waals surface area contributed by atoms with Crippen LogP contribution in [0, 0.1) is 5.92 Å². The molecule has 1 aliphatic heterocycles. The maximum Gasteiger partial charge on any atom is 0.0534 e. The minimum atomic E-state index is 0.646. The van der Waals surface area contributed by atoms with E-state index in [1.54, 1.807) is 0 Å². The van der Waals surface area contributed by atoms with E-state index >= 15 is 0 Å². The number of hydrogen-bond acceptors (Lipinski definition) is 3. The monoisotopic (exact) mass is 292 g/mol. The Balaban J connectivity index is 2.04. The Kier molecular flexibility index (Phi) is 6.24. The molecule has 0 saturated carbocycles. The van der Waals surface area contributed by atoms with Crippen LogP contribution in [0.25, 0.3) is 0 Å². The number of hydrogen-bond donors (Lipinski definition) is 1. The van der Waals surface area contributed by atoms with Gasteiger partial charge in [0.1, 0.15) is 0 Å². The molecule has 2 heterocycles. The molecular formula is C17H32N4. The van der Waals surface area contributed by atoms with Crippen molar-refractivity contribution in [1.82, 2.24) is 20.0 Å². The van der Waals surface area contributed by atoms with Crippen LogP contribution in [0.15, 0.2) is 12.4 Å². The molecule has 1 aromatic heterocycles. The van der Waals surface area contributed by atoms with E-state index in [9.17, 15) is 0 Å². The van der Waals surface area contributed by atoms with Gasteiger partial charge in [-0.1, -0.05) is 33.6 Å². The van der Waals surface area contributed by atoms with Crippen LogP contribution in [-0.4, -0.2) is 39.9 Å². The largest absolute Gasteiger partial charge is 0.311 e. The molecule has 0 spiro atoms. The second-order valence-electron chi connectivity index (χ2n) is 6.48. The zero-order chi connectivity index (χ0) is 15.2. The molecule has 1 aromatic rings. The molecule has 120 valence electrons. The van der Waals surface area contributed by atoms with Crippen LogP contribution in [0.5, 0.6) is 0 Å². The molecule has 2 rings (SSSR count). The lowest BCUT2D eigenvalue weighted by Gasteiger charge is -2.43. The van der Waals surface area contributed by atoms with Crippen LogP contribution in [0.1, 0.15) is 52.5 Å². The Bertz CT molecular complexity index is 415. The number of rotatable bonds is 7. The first-order valence-corrected chi connectivity index (χ1v) is 8.66. The van der Waals surface area contributed by atoms with Crippen LogP contribution in [-0.2, 0) is 13.1 Å². The van der Waals surface area contributed by atoms with Gasteiger partial charge in [0.15, 0.2) is 0 Å². The minimum absolute atomic E-state index is 0.646. The highest BCUT2D eigenvalue weighted by atomic mass is 15.3. The zero-order valence-corrected chi connectivity index (χ0v) is 14.2. The van der Waals surface area contributed by atoms with E-state index in [4.69, 9.17) is 0 Å². The molecule has 1 N–H and O–H groups in total.